The van der Waals surface area contributed by atoms with Gasteiger partial charge in [-0.3, -0.25) is 9.59 Å². The fraction of sp³-hybridized carbons (Fsp3) is 0.148. The fourth-order valence-electron chi connectivity index (χ4n) is 4.51. The zero-order chi connectivity index (χ0) is 28.7. The summed E-state index contributed by atoms with van der Waals surface area (Å²) in [6, 6.07) is 17.5. The molecule has 208 valence electrons. The van der Waals surface area contributed by atoms with Crippen molar-refractivity contribution in [2.45, 2.75) is 29.4 Å². The molecule has 0 saturated heterocycles. The Morgan fingerprint density at radius 1 is 1.15 bits per heavy atom. The van der Waals surface area contributed by atoms with Gasteiger partial charge in [0.2, 0.25) is 10.0 Å². The van der Waals surface area contributed by atoms with Crippen LogP contribution >= 0.6 is 23.1 Å². The number of nitrogens with two attached hydrogens (primary N) is 1. The number of aromatic amines is 1. The maximum atomic E-state index is 13.5. The molecule has 1 aliphatic heterocycles. The molecule has 1 aliphatic rings. The summed E-state index contributed by atoms with van der Waals surface area (Å²) in [5.74, 6) is -0.225. The lowest BCUT2D eigenvalue weighted by atomic mass is 10.00. The Bertz CT molecular complexity index is 1950. The number of benzene rings is 2. The van der Waals surface area contributed by atoms with Crippen molar-refractivity contribution in [2.24, 2.45) is 10.2 Å². The number of sulfonamides is 1. The minimum absolute atomic E-state index is 0.00474. The van der Waals surface area contributed by atoms with E-state index in [9.17, 15) is 18.0 Å². The number of hydrazone groups is 1. The van der Waals surface area contributed by atoms with E-state index < -0.39 is 15.6 Å². The first kappa shape index (κ1) is 27.1. The number of carbonyl (C=O) groups is 1. The summed E-state index contributed by atoms with van der Waals surface area (Å²) in [6.07, 6.45) is 1.98. The molecule has 0 bridgehead atoms. The van der Waals surface area contributed by atoms with Gasteiger partial charge in [0.15, 0.2) is 10.8 Å². The van der Waals surface area contributed by atoms with Gasteiger partial charge in [0, 0.05) is 6.42 Å². The van der Waals surface area contributed by atoms with Crippen LogP contribution in [-0.2, 0) is 14.8 Å². The number of fused-ring (bicyclic) bond motifs is 1. The Balaban J connectivity index is 1.26. The Hall–Kier alpha value is -4.11. The largest absolute Gasteiger partial charge is 0.301 e. The first-order valence-electron chi connectivity index (χ1n) is 12.4. The Morgan fingerprint density at radius 2 is 1.90 bits per heavy atom. The molecule has 6 rings (SSSR count). The van der Waals surface area contributed by atoms with Crippen LogP contribution in [0.3, 0.4) is 0 Å². The third-order valence-electron chi connectivity index (χ3n) is 6.59. The van der Waals surface area contributed by atoms with Crippen LogP contribution in [0.4, 0.5) is 0 Å². The topological polar surface area (TPSA) is 156 Å². The molecule has 11 nitrogen and oxygen atoms in total. The number of thioether (sulfide) groups is 1. The fourth-order valence-corrected chi connectivity index (χ4v) is 6.45. The molecule has 0 spiro atoms. The molecule has 1 amide bonds. The van der Waals surface area contributed by atoms with E-state index in [4.69, 9.17) is 10.2 Å². The summed E-state index contributed by atoms with van der Waals surface area (Å²) in [5.41, 5.74) is 3.33. The van der Waals surface area contributed by atoms with Gasteiger partial charge in [0.1, 0.15) is 5.39 Å². The number of nitrogens with zero attached hydrogens (tertiary/aromatic N) is 5. The van der Waals surface area contributed by atoms with Gasteiger partial charge < -0.3 is 4.98 Å². The summed E-state index contributed by atoms with van der Waals surface area (Å²) in [5, 5.41) is 18.1. The molecule has 14 heteroatoms. The molecule has 41 heavy (non-hydrogen) atoms. The zero-order valence-corrected chi connectivity index (χ0v) is 24.0. The van der Waals surface area contributed by atoms with Gasteiger partial charge >= 0.3 is 0 Å². The van der Waals surface area contributed by atoms with Crippen molar-refractivity contribution in [3.8, 4) is 5.69 Å². The monoisotopic (exact) mass is 605 g/mol. The SMILES string of the molecule is Cc1ccc([C@@H]2CC(c3cccs3)=NN2C(=O)CSc2nc3c(cnn3-c3ccc(S(N)(=O)=O)cc3)c(=O)[nH]2)cc1. The van der Waals surface area contributed by atoms with E-state index in [1.165, 1.54) is 40.2 Å². The number of aryl methyl sites for hydroxylation is 1. The van der Waals surface area contributed by atoms with Crippen LogP contribution in [-0.4, -0.2) is 50.5 Å². The number of amides is 1. The molecule has 0 aliphatic carbocycles. The third-order valence-corrected chi connectivity index (χ3v) is 9.30. The number of hydrogen-bond acceptors (Lipinski definition) is 9. The number of primary sulfonamides is 1. The smallest absolute Gasteiger partial charge is 0.262 e. The number of H-pyrrole nitrogens is 1. The van der Waals surface area contributed by atoms with Crippen LogP contribution in [0.25, 0.3) is 16.7 Å². The highest BCUT2D eigenvalue weighted by Gasteiger charge is 2.33. The van der Waals surface area contributed by atoms with E-state index in [1.54, 1.807) is 11.3 Å². The molecular formula is C27H23N7O4S3. The molecule has 0 unspecified atom stereocenters. The van der Waals surface area contributed by atoms with Crippen molar-refractivity contribution >= 4 is 55.8 Å². The molecule has 1 atom stereocenters. The number of aromatic nitrogens is 4. The average Bonchev–Trinajstić information content (AvgIpc) is 3.72. The van der Waals surface area contributed by atoms with Crippen LogP contribution in [0.5, 0.6) is 0 Å². The highest BCUT2D eigenvalue weighted by atomic mass is 32.2. The van der Waals surface area contributed by atoms with Crippen molar-refractivity contribution < 1.29 is 13.2 Å². The summed E-state index contributed by atoms with van der Waals surface area (Å²) < 4.78 is 24.6. The molecule has 3 N–H and O–H groups in total. The molecule has 3 aromatic heterocycles. The summed E-state index contributed by atoms with van der Waals surface area (Å²) in [4.78, 5) is 34.5. The Labute approximate surface area is 242 Å². The van der Waals surface area contributed by atoms with Gasteiger partial charge in [0.25, 0.3) is 11.5 Å². The highest BCUT2D eigenvalue weighted by molar-refractivity contribution is 7.99. The zero-order valence-electron chi connectivity index (χ0n) is 21.6. The molecule has 5 aromatic rings. The molecule has 0 fully saturated rings. The van der Waals surface area contributed by atoms with Crippen LogP contribution in [0.1, 0.15) is 28.5 Å². The van der Waals surface area contributed by atoms with Crippen LogP contribution in [0.2, 0.25) is 0 Å². The van der Waals surface area contributed by atoms with E-state index >= 15 is 0 Å². The van der Waals surface area contributed by atoms with Gasteiger partial charge in [-0.05, 0) is 48.2 Å². The molecule has 0 radical (unpaired) electrons. The predicted molar refractivity (Wildman–Crippen MR) is 158 cm³/mol. The second-order valence-electron chi connectivity index (χ2n) is 9.39. The lowest BCUT2D eigenvalue weighted by Crippen LogP contribution is -2.28. The quantitative estimate of drug-likeness (QED) is 0.212. The van der Waals surface area contributed by atoms with E-state index in [-0.39, 0.29) is 38.8 Å². The average molecular weight is 606 g/mol. The van der Waals surface area contributed by atoms with Crippen LogP contribution < -0.4 is 10.7 Å². The number of thiophene rings is 1. The maximum absolute atomic E-state index is 13.5. The standard InChI is InChI=1S/C27H23N7O4S3/c1-16-4-6-17(7-5-16)22-13-21(23-3-2-12-39-23)32-34(22)24(35)15-40-27-30-25-20(26(36)31-27)14-29-33(25)18-8-10-19(11-9-18)41(28,37)38/h2-12,14,22H,13,15H2,1H3,(H2,28,37,38)(H,30,31,36)/t22-/m0/s1. The van der Waals surface area contributed by atoms with Gasteiger partial charge in [-0.15, -0.1) is 11.3 Å². The minimum Gasteiger partial charge on any atom is -0.301 e. The van der Waals surface area contributed by atoms with Crippen LogP contribution in [0, 0.1) is 6.92 Å². The van der Waals surface area contributed by atoms with Crippen molar-refractivity contribution in [3.05, 3.63) is 98.6 Å². The summed E-state index contributed by atoms with van der Waals surface area (Å²) in [7, 11) is -3.86. The minimum atomic E-state index is -3.86. The van der Waals surface area contributed by atoms with Gasteiger partial charge in [-0.2, -0.15) is 10.2 Å². The first-order chi connectivity index (χ1) is 19.7. The van der Waals surface area contributed by atoms with E-state index in [1.807, 2.05) is 48.7 Å². The van der Waals surface area contributed by atoms with Crippen molar-refractivity contribution in [1.29, 1.82) is 0 Å². The Kier molecular flexibility index (Phi) is 7.07. The normalized spacial score (nSPS) is 15.4. The lowest BCUT2D eigenvalue weighted by Gasteiger charge is -2.22. The van der Waals surface area contributed by atoms with Gasteiger partial charge in [-0.1, -0.05) is 47.7 Å². The van der Waals surface area contributed by atoms with E-state index in [0.29, 0.717) is 12.1 Å². The first-order valence-corrected chi connectivity index (χ1v) is 15.8. The van der Waals surface area contributed by atoms with Gasteiger partial charge in [-0.25, -0.2) is 28.2 Å². The predicted octanol–water partition coefficient (Wildman–Crippen LogP) is 3.60. The third kappa shape index (κ3) is 5.46. The van der Waals surface area contributed by atoms with Crippen molar-refractivity contribution in [2.75, 3.05) is 5.75 Å². The maximum Gasteiger partial charge on any atom is 0.262 e. The van der Waals surface area contributed by atoms with Gasteiger partial charge in [0.05, 0.1) is 39.2 Å². The van der Waals surface area contributed by atoms with Crippen molar-refractivity contribution in [1.82, 2.24) is 24.8 Å². The molecular weight excluding hydrogens is 583 g/mol. The van der Waals surface area contributed by atoms with E-state index in [0.717, 1.165) is 33.5 Å². The van der Waals surface area contributed by atoms with E-state index in [2.05, 4.69) is 15.1 Å². The molecule has 0 saturated carbocycles. The van der Waals surface area contributed by atoms with Crippen molar-refractivity contribution in [3.63, 3.8) is 0 Å². The number of rotatable bonds is 7. The number of carbonyl (C=O) groups excluding carboxylic acids is 1. The molecule has 4 heterocycles. The van der Waals surface area contributed by atoms with Crippen LogP contribution in [0.15, 0.2) is 92.2 Å². The number of hydrogen-bond donors (Lipinski definition) is 2. The Morgan fingerprint density at radius 3 is 2.59 bits per heavy atom. The molecule has 2 aromatic carbocycles. The lowest BCUT2D eigenvalue weighted by molar-refractivity contribution is -0.130. The summed E-state index contributed by atoms with van der Waals surface area (Å²) >= 11 is 2.68. The highest BCUT2D eigenvalue weighted by Crippen LogP contribution is 2.34. The summed E-state index contributed by atoms with van der Waals surface area (Å²) in [6.45, 7) is 2.02. The number of nitrogens with one attached hydrogen (secondary N) is 1. The second-order valence-corrected chi connectivity index (χ2v) is 12.9. The second kappa shape index (κ2) is 10.7.